The number of hydrogen-bond donors (Lipinski definition) is 0. The van der Waals surface area contributed by atoms with Gasteiger partial charge >= 0.3 is 0 Å². The van der Waals surface area contributed by atoms with Gasteiger partial charge in [-0.1, -0.05) is 30.3 Å². The number of halogens is 1. The van der Waals surface area contributed by atoms with Crippen molar-refractivity contribution >= 4 is 34.7 Å². The SMILES string of the molecule is CC(Cl)C(C)(Sc1ccc([N+](=O)[O-])cc1[N+](=O)[O-])c1ccccc1. The minimum Gasteiger partial charge on any atom is -0.258 e. The highest BCUT2D eigenvalue weighted by atomic mass is 35.5. The Kier molecular flexibility index (Phi) is 5.46. The van der Waals surface area contributed by atoms with E-state index in [1.54, 1.807) is 0 Å². The summed E-state index contributed by atoms with van der Waals surface area (Å²) in [6.07, 6.45) is 0. The molecule has 0 spiro atoms. The van der Waals surface area contributed by atoms with Gasteiger partial charge < -0.3 is 0 Å². The van der Waals surface area contributed by atoms with Crippen molar-refractivity contribution < 1.29 is 9.85 Å². The summed E-state index contributed by atoms with van der Waals surface area (Å²) >= 11 is 7.62. The lowest BCUT2D eigenvalue weighted by Gasteiger charge is -2.32. The standard InChI is InChI=1S/C16H15ClN2O4S/c1-11(17)16(2,12-6-4-3-5-7-12)24-15-9-8-13(18(20)21)10-14(15)19(22)23/h3-11H,1-2H3. The van der Waals surface area contributed by atoms with Gasteiger partial charge in [0.25, 0.3) is 11.4 Å². The van der Waals surface area contributed by atoms with E-state index in [1.807, 2.05) is 44.2 Å². The van der Waals surface area contributed by atoms with Crippen LogP contribution in [0.25, 0.3) is 0 Å². The average molecular weight is 367 g/mol. The number of alkyl halides is 1. The fraction of sp³-hybridized carbons (Fsp3) is 0.250. The van der Waals surface area contributed by atoms with E-state index in [9.17, 15) is 20.2 Å². The van der Waals surface area contributed by atoms with Crippen molar-refractivity contribution in [1.29, 1.82) is 0 Å². The molecule has 2 aromatic rings. The number of nitrogens with zero attached hydrogens (tertiary/aromatic N) is 2. The predicted molar refractivity (Wildman–Crippen MR) is 94.7 cm³/mol. The summed E-state index contributed by atoms with van der Waals surface area (Å²) in [6.45, 7) is 3.72. The number of hydrogen-bond acceptors (Lipinski definition) is 5. The molecule has 0 N–H and O–H groups in total. The third-order valence-corrected chi connectivity index (χ3v) is 5.92. The summed E-state index contributed by atoms with van der Waals surface area (Å²) in [5.41, 5.74) is 0.310. The van der Waals surface area contributed by atoms with Gasteiger partial charge in [0, 0.05) is 11.4 Å². The highest BCUT2D eigenvalue weighted by Gasteiger charge is 2.36. The molecule has 0 aliphatic rings. The molecule has 2 aromatic carbocycles. The number of benzene rings is 2. The largest absolute Gasteiger partial charge is 0.289 e. The number of non-ortho nitro benzene ring substituents is 1. The zero-order valence-corrected chi connectivity index (χ0v) is 14.6. The minimum absolute atomic E-state index is 0.298. The topological polar surface area (TPSA) is 86.3 Å². The predicted octanol–water partition coefficient (Wildman–Crippen LogP) is 5.14. The van der Waals surface area contributed by atoms with Crippen LogP contribution in [-0.2, 0) is 4.75 Å². The molecule has 0 saturated carbocycles. The molecule has 24 heavy (non-hydrogen) atoms. The molecule has 0 aromatic heterocycles. The molecule has 2 unspecified atom stereocenters. The second kappa shape index (κ2) is 7.19. The highest BCUT2D eigenvalue weighted by Crippen LogP contribution is 2.48. The molecular weight excluding hydrogens is 352 g/mol. The van der Waals surface area contributed by atoms with Crippen LogP contribution in [0.1, 0.15) is 19.4 Å². The number of nitro benzene ring substituents is 2. The van der Waals surface area contributed by atoms with Crippen LogP contribution in [0.15, 0.2) is 53.4 Å². The lowest BCUT2D eigenvalue weighted by Crippen LogP contribution is -2.27. The summed E-state index contributed by atoms with van der Waals surface area (Å²) in [4.78, 5) is 21.3. The minimum atomic E-state index is -0.651. The Morgan fingerprint density at radius 1 is 1.08 bits per heavy atom. The first kappa shape index (κ1) is 18.2. The molecule has 2 rings (SSSR count). The van der Waals surface area contributed by atoms with Crippen molar-refractivity contribution in [2.24, 2.45) is 0 Å². The van der Waals surface area contributed by atoms with E-state index in [-0.39, 0.29) is 16.8 Å². The molecular formula is C16H15ClN2O4S. The monoisotopic (exact) mass is 366 g/mol. The number of thioether (sulfide) groups is 1. The molecule has 126 valence electrons. The van der Waals surface area contributed by atoms with Gasteiger partial charge in [0.15, 0.2) is 0 Å². The molecule has 0 amide bonds. The van der Waals surface area contributed by atoms with E-state index in [2.05, 4.69) is 0 Å². The Labute approximate surface area is 148 Å². The smallest absolute Gasteiger partial charge is 0.258 e. The van der Waals surface area contributed by atoms with Crippen LogP contribution in [0, 0.1) is 20.2 Å². The zero-order valence-electron chi connectivity index (χ0n) is 13.0. The van der Waals surface area contributed by atoms with E-state index < -0.39 is 14.6 Å². The van der Waals surface area contributed by atoms with Gasteiger partial charge in [0.2, 0.25) is 0 Å². The maximum absolute atomic E-state index is 11.3. The van der Waals surface area contributed by atoms with Gasteiger partial charge in [-0.3, -0.25) is 20.2 Å². The van der Waals surface area contributed by atoms with Crippen LogP contribution in [0.3, 0.4) is 0 Å². The molecule has 8 heteroatoms. The van der Waals surface area contributed by atoms with E-state index in [0.29, 0.717) is 4.90 Å². The van der Waals surface area contributed by atoms with E-state index in [1.165, 1.54) is 23.9 Å². The maximum atomic E-state index is 11.3. The van der Waals surface area contributed by atoms with Crippen LogP contribution in [-0.4, -0.2) is 15.2 Å². The third kappa shape index (κ3) is 3.68. The molecule has 0 fully saturated rings. The molecule has 0 aliphatic heterocycles. The first-order chi connectivity index (χ1) is 11.3. The molecule has 0 heterocycles. The van der Waals surface area contributed by atoms with Crippen molar-refractivity contribution in [1.82, 2.24) is 0 Å². The fourth-order valence-electron chi connectivity index (χ4n) is 2.22. The molecule has 6 nitrogen and oxygen atoms in total. The average Bonchev–Trinajstić information content (AvgIpc) is 2.55. The molecule has 0 bridgehead atoms. The summed E-state index contributed by atoms with van der Waals surface area (Å²) in [5, 5.41) is 21.8. The second-order valence-corrected chi connectivity index (χ2v) is 7.50. The van der Waals surface area contributed by atoms with Gasteiger partial charge in [0.05, 0.1) is 25.6 Å². The Balaban J connectivity index is 2.51. The molecule has 0 radical (unpaired) electrons. The first-order valence-corrected chi connectivity index (χ1v) is 8.32. The van der Waals surface area contributed by atoms with Crippen molar-refractivity contribution in [3.8, 4) is 0 Å². The van der Waals surface area contributed by atoms with Crippen molar-refractivity contribution in [3.63, 3.8) is 0 Å². The van der Waals surface area contributed by atoms with Crippen LogP contribution in [0.4, 0.5) is 11.4 Å². The van der Waals surface area contributed by atoms with Gasteiger partial charge in [-0.05, 0) is 25.5 Å². The van der Waals surface area contributed by atoms with Crippen LogP contribution >= 0.6 is 23.4 Å². The lowest BCUT2D eigenvalue weighted by atomic mass is 9.97. The quantitative estimate of drug-likeness (QED) is 0.306. The molecule has 0 aliphatic carbocycles. The van der Waals surface area contributed by atoms with E-state index >= 15 is 0 Å². The molecule has 0 saturated heterocycles. The van der Waals surface area contributed by atoms with Crippen molar-refractivity contribution in [3.05, 3.63) is 74.3 Å². The molecule has 2 atom stereocenters. The van der Waals surface area contributed by atoms with E-state index in [0.717, 1.165) is 11.6 Å². The van der Waals surface area contributed by atoms with Crippen molar-refractivity contribution in [2.75, 3.05) is 0 Å². The van der Waals surface area contributed by atoms with Crippen LogP contribution in [0.5, 0.6) is 0 Å². The van der Waals surface area contributed by atoms with Gasteiger partial charge in [-0.15, -0.1) is 23.4 Å². The highest BCUT2D eigenvalue weighted by molar-refractivity contribution is 8.00. The third-order valence-electron chi connectivity index (χ3n) is 3.78. The van der Waals surface area contributed by atoms with E-state index in [4.69, 9.17) is 11.6 Å². The Bertz CT molecular complexity index is 770. The summed E-state index contributed by atoms with van der Waals surface area (Å²) in [6, 6.07) is 13.1. The Morgan fingerprint density at radius 3 is 2.21 bits per heavy atom. The maximum Gasteiger partial charge on any atom is 0.289 e. The Morgan fingerprint density at radius 2 is 1.71 bits per heavy atom. The van der Waals surface area contributed by atoms with Gasteiger partial charge in [-0.25, -0.2) is 0 Å². The zero-order chi connectivity index (χ0) is 17.9. The second-order valence-electron chi connectivity index (χ2n) is 5.36. The van der Waals surface area contributed by atoms with Crippen molar-refractivity contribution in [2.45, 2.75) is 28.9 Å². The summed E-state index contributed by atoms with van der Waals surface area (Å²) < 4.78 is -0.635. The number of nitro groups is 2. The summed E-state index contributed by atoms with van der Waals surface area (Å²) in [5.74, 6) is 0. The lowest BCUT2D eigenvalue weighted by molar-refractivity contribution is -0.396. The number of rotatable bonds is 6. The Hall–Kier alpha value is -2.12. The first-order valence-electron chi connectivity index (χ1n) is 7.07. The van der Waals surface area contributed by atoms with Gasteiger partial charge in [-0.2, -0.15) is 0 Å². The van der Waals surface area contributed by atoms with Crippen LogP contribution in [0.2, 0.25) is 0 Å². The fourth-order valence-corrected chi connectivity index (χ4v) is 3.72. The normalized spacial score (nSPS) is 14.6. The summed E-state index contributed by atoms with van der Waals surface area (Å²) in [7, 11) is 0. The van der Waals surface area contributed by atoms with Gasteiger partial charge in [0.1, 0.15) is 0 Å². The van der Waals surface area contributed by atoms with Crippen LogP contribution < -0.4 is 0 Å².